The topological polar surface area (TPSA) is 66.1 Å². The van der Waals surface area contributed by atoms with Crippen LogP contribution >= 0.6 is 0 Å². The number of nitrogens with zero attached hydrogens (tertiary/aromatic N) is 2. The Hall–Kier alpha value is -4.64. The number of imidazole rings is 1. The zero-order valence-electron chi connectivity index (χ0n) is 18.6. The number of ether oxygens (including phenoxy) is 1. The highest BCUT2D eigenvalue weighted by Gasteiger charge is 2.12. The van der Waals surface area contributed by atoms with Crippen LogP contribution < -0.4 is 4.74 Å². The average molecular weight is 443 g/mol. The molecule has 0 unspecified atom stereocenters. The Bertz CT molecular complexity index is 1590. The summed E-state index contributed by atoms with van der Waals surface area (Å²) in [6, 6.07) is 32.5. The summed E-state index contributed by atoms with van der Waals surface area (Å²) in [4.78, 5) is 16.4. The Labute approximate surface area is 196 Å². The number of hydrogen-bond acceptors (Lipinski definition) is 3. The maximum absolute atomic E-state index is 5.31. The predicted molar refractivity (Wildman–Crippen MR) is 139 cm³/mol. The first-order valence-corrected chi connectivity index (χ1v) is 11.1. The molecule has 164 valence electrons. The van der Waals surface area contributed by atoms with Gasteiger partial charge in [0.25, 0.3) is 0 Å². The fraction of sp³-hybridized carbons (Fsp3) is 0.0345. The lowest BCUT2D eigenvalue weighted by Gasteiger charge is -2.04. The minimum absolute atomic E-state index is 0.833. The number of rotatable bonds is 5. The van der Waals surface area contributed by atoms with Crippen molar-refractivity contribution in [2.45, 2.75) is 0 Å². The number of methoxy groups -OCH3 is 1. The maximum Gasteiger partial charge on any atom is 0.138 e. The summed E-state index contributed by atoms with van der Waals surface area (Å²) in [5.74, 6) is 1.69. The van der Waals surface area contributed by atoms with Crippen LogP contribution in [0.2, 0.25) is 0 Å². The number of hydrogen-bond donors (Lipinski definition) is 2. The van der Waals surface area contributed by atoms with Gasteiger partial charge in [-0.15, -0.1) is 0 Å². The van der Waals surface area contributed by atoms with Gasteiger partial charge in [-0.3, -0.25) is 4.99 Å². The second-order valence-corrected chi connectivity index (χ2v) is 8.10. The molecule has 0 fully saturated rings. The first-order chi connectivity index (χ1) is 16.8. The van der Waals surface area contributed by atoms with Crippen LogP contribution in [0, 0.1) is 0 Å². The minimum Gasteiger partial charge on any atom is -0.497 e. The van der Waals surface area contributed by atoms with Crippen molar-refractivity contribution in [2.75, 3.05) is 7.11 Å². The van der Waals surface area contributed by atoms with Crippen molar-refractivity contribution >= 4 is 33.8 Å². The predicted octanol–water partition coefficient (Wildman–Crippen LogP) is 7.14. The van der Waals surface area contributed by atoms with E-state index in [9.17, 15) is 0 Å². The molecule has 0 aliphatic rings. The second kappa shape index (κ2) is 8.37. The number of aromatic nitrogens is 3. The molecule has 2 heterocycles. The van der Waals surface area contributed by atoms with Gasteiger partial charge in [0, 0.05) is 28.2 Å². The molecule has 4 aromatic carbocycles. The van der Waals surface area contributed by atoms with Gasteiger partial charge < -0.3 is 14.7 Å². The molecule has 2 aromatic heterocycles. The lowest BCUT2D eigenvalue weighted by Crippen LogP contribution is -1.87. The third-order valence-corrected chi connectivity index (χ3v) is 6.00. The Morgan fingerprint density at radius 2 is 1.44 bits per heavy atom. The van der Waals surface area contributed by atoms with Gasteiger partial charge in [-0.1, -0.05) is 30.3 Å². The third kappa shape index (κ3) is 3.63. The molecule has 5 nitrogen and oxygen atoms in total. The van der Waals surface area contributed by atoms with E-state index in [4.69, 9.17) is 9.73 Å². The zero-order valence-corrected chi connectivity index (χ0v) is 18.6. The summed E-state index contributed by atoms with van der Waals surface area (Å²) in [6.07, 6.45) is 1.94. The number of H-pyrrole nitrogens is 2. The van der Waals surface area contributed by atoms with Gasteiger partial charge in [0.15, 0.2) is 0 Å². The van der Waals surface area contributed by atoms with Crippen molar-refractivity contribution in [2.24, 2.45) is 4.99 Å². The monoisotopic (exact) mass is 442 g/mol. The van der Waals surface area contributed by atoms with Gasteiger partial charge in [0.1, 0.15) is 11.6 Å². The molecule has 0 radical (unpaired) electrons. The summed E-state index contributed by atoms with van der Waals surface area (Å²) in [7, 11) is 1.68. The van der Waals surface area contributed by atoms with Crippen LogP contribution in [0.5, 0.6) is 5.75 Å². The summed E-state index contributed by atoms with van der Waals surface area (Å²) in [5, 5.41) is 1.14. The van der Waals surface area contributed by atoms with E-state index in [0.29, 0.717) is 0 Å². The molecule has 0 amide bonds. The minimum atomic E-state index is 0.833. The normalized spacial score (nSPS) is 11.6. The first-order valence-electron chi connectivity index (χ1n) is 11.1. The van der Waals surface area contributed by atoms with Gasteiger partial charge in [-0.25, -0.2) is 4.98 Å². The number of aliphatic imine (C=N–C) groups is 1. The van der Waals surface area contributed by atoms with Crippen LogP contribution in [0.15, 0.2) is 102 Å². The maximum atomic E-state index is 5.31. The van der Waals surface area contributed by atoms with Crippen LogP contribution in [0.4, 0.5) is 5.69 Å². The van der Waals surface area contributed by atoms with E-state index in [1.807, 2.05) is 79.0 Å². The number of nitrogens with one attached hydrogen (secondary N) is 2. The van der Waals surface area contributed by atoms with E-state index in [2.05, 4.69) is 39.2 Å². The van der Waals surface area contributed by atoms with Gasteiger partial charge in [0.05, 0.1) is 29.5 Å². The average Bonchev–Trinajstić information content (AvgIpc) is 3.49. The summed E-state index contributed by atoms with van der Waals surface area (Å²) in [5.41, 5.74) is 8.16. The Kier molecular flexibility index (Phi) is 4.92. The number of benzene rings is 4. The SMILES string of the molecule is COc1ccc(-c2[nH]c3ccccc3c2C=Nc2ccc(-c3nc4ccccc4[nH]3)cc2)cc1. The van der Waals surface area contributed by atoms with Crippen LogP contribution in [-0.4, -0.2) is 28.3 Å². The highest BCUT2D eigenvalue weighted by atomic mass is 16.5. The Morgan fingerprint density at radius 1 is 0.735 bits per heavy atom. The fourth-order valence-electron chi connectivity index (χ4n) is 4.22. The van der Waals surface area contributed by atoms with Crippen molar-refractivity contribution in [3.8, 4) is 28.4 Å². The Morgan fingerprint density at radius 3 is 2.21 bits per heavy atom. The molecule has 0 aliphatic carbocycles. The standard InChI is InChI=1S/C29H22N4O/c1-34-22-16-12-19(13-17-22)28-24(23-6-2-3-7-25(23)31-28)18-30-21-14-10-20(11-15-21)29-32-26-8-4-5-9-27(26)33-29/h2-18,31H,1H3,(H,32,33). The first kappa shape index (κ1) is 20.0. The molecule has 2 N–H and O–H groups in total. The lowest BCUT2D eigenvalue weighted by molar-refractivity contribution is 0.415. The van der Waals surface area contributed by atoms with Crippen LogP contribution in [0.25, 0.3) is 44.6 Å². The van der Waals surface area contributed by atoms with Gasteiger partial charge >= 0.3 is 0 Å². The third-order valence-electron chi connectivity index (χ3n) is 6.00. The van der Waals surface area contributed by atoms with E-state index in [1.165, 1.54) is 0 Å². The van der Waals surface area contributed by atoms with Crippen LogP contribution in [0.1, 0.15) is 5.56 Å². The lowest BCUT2D eigenvalue weighted by atomic mass is 10.1. The molecule has 0 spiro atoms. The van der Waals surface area contributed by atoms with Crippen molar-refractivity contribution in [3.05, 3.63) is 103 Å². The zero-order chi connectivity index (χ0) is 22.9. The smallest absolute Gasteiger partial charge is 0.138 e. The molecule has 0 atom stereocenters. The molecular formula is C29H22N4O. The van der Waals surface area contributed by atoms with Crippen LogP contribution in [0.3, 0.4) is 0 Å². The van der Waals surface area contributed by atoms with E-state index >= 15 is 0 Å². The number of aromatic amines is 2. The summed E-state index contributed by atoms with van der Waals surface area (Å²) >= 11 is 0. The molecule has 0 aliphatic heterocycles. The highest BCUT2D eigenvalue weighted by Crippen LogP contribution is 2.31. The highest BCUT2D eigenvalue weighted by molar-refractivity contribution is 6.06. The quantitative estimate of drug-likeness (QED) is 0.279. The molecule has 0 saturated heterocycles. The van der Waals surface area contributed by atoms with E-state index < -0.39 is 0 Å². The van der Waals surface area contributed by atoms with Crippen molar-refractivity contribution in [3.63, 3.8) is 0 Å². The van der Waals surface area contributed by atoms with Crippen molar-refractivity contribution in [1.29, 1.82) is 0 Å². The van der Waals surface area contributed by atoms with Gasteiger partial charge in [-0.05, 0) is 72.3 Å². The molecule has 6 rings (SSSR count). The largest absolute Gasteiger partial charge is 0.497 e. The van der Waals surface area contributed by atoms with Gasteiger partial charge in [0.2, 0.25) is 0 Å². The molecular weight excluding hydrogens is 420 g/mol. The second-order valence-electron chi connectivity index (χ2n) is 8.10. The summed E-state index contributed by atoms with van der Waals surface area (Å²) in [6.45, 7) is 0. The van der Waals surface area contributed by atoms with Gasteiger partial charge in [-0.2, -0.15) is 0 Å². The van der Waals surface area contributed by atoms with E-state index in [0.717, 1.165) is 61.6 Å². The van der Waals surface area contributed by atoms with E-state index in [1.54, 1.807) is 7.11 Å². The molecule has 5 heteroatoms. The molecule has 0 bridgehead atoms. The molecule has 6 aromatic rings. The Balaban J connectivity index is 1.34. The number of para-hydroxylation sites is 3. The fourth-order valence-corrected chi connectivity index (χ4v) is 4.22. The van der Waals surface area contributed by atoms with Crippen molar-refractivity contribution in [1.82, 2.24) is 15.0 Å². The summed E-state index contributed by atoms with van der Waals surface area (Å²) < 4.78 is 5.31. The van der Waals surface area contributed by atoms with Crippen LogP contribution in [-0.2, 0) is 0 Å². The molecule has 34 heavy (non-hydrogen) atoms. The van der Waals surface area contributed by atoms with E-state index in [-0.39, 0.29) is 0 Å². The van der Waals surface area contributed by atoms with Crippen molar-refractivity contribution < 1.29 is 4.74 Å². The number of fused-ring (bicyclic) bond motifs is 2. The molecule has 0 saturated carbocycles.